The van der Waals surface area contributed by atoms with E-state index in [1.165, 1.54) is 29.3 Å². The van der Waals surface area contributed by atoms with E-state index < -0.39 is 17.6 Å². The first-order chi connectivity index (χ1) is 16.2. The zero-order valence-corrected chi connectivity index (χ0v) is 19.6. The van der Waals surface area contributed by atoms with E-state index in [4.69, 9.17) is 0 Å². The van der Waals surface area contributed by atoms with Crippen LogP contribution in [0.1, 0.15) is 23.6 Å². The van der Waals surface area contributed by atoms with Gasteiger partial charge >= 0.3 is 6.18 Å². The molecule has 1 saturated heterocycles. The Morgan fingerprint density at radius 3 is 2.26 bits per heavy atom. The number of alkyl halides is 3. The predicted octanol–water partition coefficient (Wildman–Crippen LogP) is 3.62. The topological polar surface area (TPSA) is 55.9 Å². The lowest BCUT2D eigenvalue weighted by molar-refractivity contribution is -0.137. The summed E-state index contributed by atoms with van der Waals surface area (Å²) in [7, 11) is 0. The third-order valence-corrected chi connectivity index (χ3v) is 6.06. The van der Waals surface area contributed by atoms with Crippen molar-refractivity contribution in [1.82, 2.24) is 14.7 Å². The van der Waals surface area contributed by atoms with Gasteiger partial charge in [0.1, 0.15) is 0 Å². The third-order valence-electron chi connectivity index (χ3n) is 6.06. The quantitative estimate of drug-likeness (QED) is 0.633. The van der Waals surface area contributed by atoms with E-state index in [9.17, 15) is 22.8 Å². The van der Waals surface area contributed by atoms with Gasteiger partial charge in [0.05, 0.1) is 24.3 Å². The van der Waals surface area contributed by atoms with Crippen LogP contribution in [0, 0.1) is 6.92 Å². The molecule has 0 aliphatic carbocycles. The van der Waals surface area contributed by atoms with Crippen LogP contribution in [0.2, 0.25) is 0 Å². The molecule has 0 saturated carbocycles. The van der Waals surface area contributed by atoms with Gasteiger partial charge in [0.2, 0.25) is 11.8 Å². The Hall–Kier alpha value is -2.91. The van der Waals surface area contributed by atoms with E-state index in [0.29, 0.717) is 19.6 Å². The van der Waals surface area contributed by atoms with E-state index >= 15 is 0 Å². The van der Waals surface area contributed by atoms with E-state index in [0.717, 1.165) is 25.7 Å². The van der Waals surface area contributed by atoms with Crippen LogP contribution < -0.4 is 5.32 Å². The molecule has 0 unspecified atom stereocenters. The zero-order chi connectivity index (χ0) is 24.7. The lowest BCUT2D eigenvalue weighted by atomic mass is 10.1. The number of hydrogen-bond acceptors (Lipinski definition) is 4. The molecule has 1 fully saturated rings. The van der Waals surface area contributed by atoms with Crippen LogP contribution in [0.4, 0.5) is 18.9 Å². The summed E-state index contributed by atoms with van der Waals surface area (Å²) >= 11 is 0. The second-order valence-electron chi connectivity index (χ2n) is 8.48. The molecule has 1 aliphatic heterocycles. The SMILES string of the molecule is CCN(CC(=O)Nc1ccccc1C(F)(F)F)CC(=O)N1CCN(Cc2ccccc2C)CC1. The molecule has 184 valence electrons. The van der Waals surface area contributed by atoms with E-state index in [2.05, 4.69) is 29.3 Å². The number of nitrogens with zero attached hydrogens (tertiary/aromatic N) is 3. The van der Waals surface area contributed by atoms with Crippen molar-refractivity contribution in [2.24, 2.45) is 0 Å². The normalized spacial score (nSPS) is 14.9. The number of hydrogen-bond donors (Lipinski definition) is 1. The number of anilines is 1. The van der Waals surface area contributed by atoms with Crippen LogP contribution in [0.3, 0.4) is 0 Å². The Morgan fingerprint density at radius 2 is 1.62 bits per heavy atom. The summed E-state index contributed by atoms with van der Waals surface area (Å²) in [6.45, 7) is 7.78. The minimum atomic E-state index is -4.56. The first-order valence-corrected chi connectivity index (χ1v) is 11.4. The summed E-state index contributed by atoms with van der Waals surface area (Å²) in [5, 5.41) is 2.34. The lowest BCUT2D eigenvalue weighted by Crippen LogP contribution is -2.51. The van der Waals surface area contributed by atoms with Gasteiger partial charge in [-0.25, -0.2) is 0 Å². The van der Waals surface area contributed by atoms with Crippen LogP contribution in [-0.2, 0) is 22.3 Å². The number of nitrogens with one attached hydrogen (secondary N) is 1. The molecular formula is C25H31F3N4O2. The maximum absolute atomic E-state index is 13.2. The van der Waals surface area contributed by atoms with Gasteiger partial charge < -0.3 is 10.2 Å². The number of likely N-dealkylation sites (N-methyl/N-ethyl adjacent to an activating group) is 1. The summed E-state index contributed by atoms with van der Waals surface area (Å²) in [4.78, 5) is 30.9. The molecule has 6 nitrogen and oxygen atoms in total. The molecule has 1 heterocycles. The Balaban J connectivity index is 1.49. The van der Waals surface area contributed by atoms with Crippen LogP contribution in [-0.4, -0.2) is 72.3 Å². The smallest absolute Gasteiger partial charge is 0.339 e. The molecule has 9 heteroatoms. The van der Waals surface area contributed by atoms with Crippen molar-refractivity contribution in [3.8, 4) is 0 Å². The lowest BCUT2D eigenvalue weighted by Gasteiger charge is -2.36. The Kier molecular flexibility index (Phi) is 8.68. The summed E-state index contributed by atoms with van der Waals surface area (Å²) < 4.78 is 39.5. The van der Waals surface area contributed by atoms with E-state index in [1.807, 2.05) is 19.1 Å². The van der Waals surface area contributed by atoms with Crippen LogP contribution in [0.15, 0.2) is 48.5 Å². The van der Waals surface area contributed by atoms with Gasteiger partial charge in [-0.3, -0.25) is 19.4 Å². The van der Waals surface area contributed by atoms with Gasteiger partial charge in [0.15, 0.2) is 0 Å². The van der Waals surface area contributed by atoms with Crippen molar-refractivity contribution >= 4 is 17.5 Å². The van der Waals surface area contributed by atoms with E-state index in [-0.39, 0.29) is 24.7 Å². The number of benzene rings is 2. The second-order valence-corrected chi connectivity index (χ2v) is 8.48. The molecule has 3 rings (SSSR count). The fourth-order valence-corrected chi connectivity index (χ4v) is 3.99. The first-order valence-electron chi connectivity index (χ1n) is 11.4. The van der Waals surface area contributed by atoms with Gasteiger partial charge in [-0.05, 0) is 36.7 Å². The number of para-hydroxylation sites is 1. The molecule has 0 radical (unpaired) electrons. The molecule has 1 N–H and O–H groups in total. The number of amides is 2. The highest BCUT2D eigenvalue weighted by molar-refractivity contribution is 5.93. The molecule has 2 amide bonds. The predicted molar refractivity (Wildman–Crippen MR) is 125 cm³/mol. The maximum atomic E-state index is 13.2. The molecule has 2 aromatic rings. The molecule has 0 aromatic heterocycles. The highest BCUT2D eigenvalue weighted by atomic mass is 19.4. The van der Waals surface area contributed by atoms with Crippen molar-refractivity contribution in [3.63, 3.8) is 0 Å². The summed E-state index contributed by atoms with van der Waals surface area (Å²) in [6, 6.07) is 13.1. The summed E-state index contributed by atoms with van der Waals surface area (Å²) in [5.74, 6) is -0.671. The van der Waals surface area contributed by atoms with Crippen molar-refractivity contribution in [1.29, 1.82) is 0 Å². The second kappa shape index (κ2) is 11.5. The molecule has 2 aromatic carbocycles. The largest absolute Gasteiger partial charge is 0.418 e. The van der Waals surface area contributed by atoms with Gasteiger partial charge in [-0.1, -0.05) is 43.3 Å². The first kappa shape index (κ1) is 25.7. The molecule has 0 spiro atoms. The molecule has 0 atom stereocenters. The number of carbonyl (C=O) groups is 2. The standard InChI is InChI=1S/C25H31F3N4O2/c1-3-30(17-23(33)29-22-11-7-6-10-21(22)25(26,27)28)18-24(34)32-14-12-31(13-15-32)16-20-9-5-4-8-19(20)2/h4-11H,3,12-18H2,1-2H3,(H,29,33). The minimum absolute atomic E-state index is 0.0443. The van der Waals surface area contributed by atoms with Crippen molar-refractivity contribution in [2.45, 2.75) is 26.6 Å². The Morgan fingerprint density at radius 1 is 0.971 bits per heavy atom. The highest BCUT2D eigenvalue weighted by Gasteiger charge is 2.33. The third kappa shape index (κ3) is 7.04. The van der Waals surface area contributed by atoms with E-state index in [1.54, 1.807) is 9.80 Å². The van der Waals surface area contributed by atoms with Gasteiger partial charge in [0, 0.05) is 32.7 Å². The summed E-state index contributed by atoms with van der Waals surface area (Å²) in [6.07, 6.45) is -4.56. The minimum Gasteiger partial charge on any atom is -0.339 e. The summed E-state index contributed by atoms with van der Waals surface area (Å²) in [5.41, 5.74) is 1.34. The van der Waals surface area contributed by atoms with Gasteiger partial charge in [0.25, 0.3) is 0 Å². The molecule has 0 bridgehead atoms. The molecular weight excluding hydrogens is 445 g/mol. The maximum Gasteiger partial charge on any atom is 0.418 e. The average molecular weight is 477 g/mol. The van der Waals surface area contributed by atoms with Crippen molar-refractivity contribution in [3.05, 3.63) is 65.2 Å². The van der Waals surface area contributed by atoms with Crippen LogP contribution in [0.5, 0.6) is 0 Å². The fraction of sp³-hybridized carbons (Fsp3) is 0.440. The molecule has 1 aliphatic rings. The van der Waals surface area contributed by atoms with Crippen molar-refractivity contribution in [2.75, 3.05) is 51.1 Å². The average Bonchev–Trinajstić information content (AvgIpc) is 2.80. The monoisotopic (exact) mass is 476 g/mol. The molecule has 34 heavy (non-hydrogen) atoms. The van der Waals surface area contributed by atoms with Gasteiger partial charge in [-0.2, -0.15) is 13.2 Å². The number of aryl methyl sites for hydroxylation is 1. The number of piperazine rings is 1. The number of halogens is 3. The number of carbonyl (C=O) groups excluding carboxylic acids is 2. The highest BCUT2D eigenvalue weighted by Crippen LogP contribution is 2.34. The van der Waals surface area contributed by atoms with Crippen LogP contribution >= 0.6 is 0 Å². The zero-order valence-electron chi connectivity index (χ0n) is 19.6. The fourth-order valence-electron chi connectivity index (χ4n) is 3.99. The Bertz CT molecular complexity index is 988. The van der Waals surface area contributed by atoms with Crippen molar-refractivity contribution < 1.29 is 22.8 Å². The van der Waals surface area contributed by atoms with Gasteiger partial charge in [-0.15, -0.1) is 0 Å². The van der Waals surface area contributed by atoms with Crippen LogP contribution in [0.25, 0.3) is 0 Å². The Labute approximate surface area is 198 Å². The number of rotatable bonds is 8.